The number of carbonyl (C=O) groups excluding carboxylic acids is 1. The van der Waals surface area contributed by atoms with Crippen molar-refractivity contribution in [2.75, 3.05) is 24.6 Å². The van der Waals surface area contributed by atoms with Crippen LogP contribution in [0.5, 0.6) is 5.75 Å². The Labute approximate surface area is 209 Å². The molecule has 0 bridgehead atoms. The third-order valence-electron chi connectivity index (χ3n) is 6.90. The molecule has 0 saturated carbocycles. The number of aryl methyl sites for hydroxylation is 3. The monoisotopic (exact) mass is 471 g/mol. The van der Waals surface area contributed by atoms with E-state index in [-0.39, 0.29) is 0 Å². The van der Waals surface area contributed by atoms with Gasteiger partial charge in [-0.1, -0.05) is 44.2 Å². The standard InChI is InChI=1S/C30H37N3O2/c1-4-16-33(30-22(3)21-31-29(32-30)25-9-7-23(5-2)8-10-25)17-6-19-35-27-13-14-28-24(15-18-34)11-12-26(28)20-27/h7-10,13-14,18,20-21,24H,4-6,11-12,15-17,19H2,1-3H3/t24-/m0/s1. The molecule has 1 aliphatic carbocycles. The highest BCUT2D eigenvalue weighted by Gasteiger charge is 2.22. The average molecular weight is 472 g/mol. The number of benzene rings is 2. The summed E-state index contributed by atoms with van der Waals surface area (Å²) >= 11 is 0. The topological polar surface area (TPSA) is 55.3 Å². The summed E-state index contributed by atoms with van der Waals surface area (Å²) in [7, 11) is 0. The largest absolute Gasteiger partial charge is 0.494 e. The van der Waals surface area contributed by atoms with Crippen LogP contribution in [0.1, 0.15) is 67.7 Å². The number of aldehydes is 1. The minimum Gasteiger partial charge on any atom is -0.494 e. The highest BCUT2D eigenvalue weighted by atomic mass is 16.5. The van der Waals surface area contributed by atoms with Crippen molar-refractivity contribution in [1.82, 2.24) is 9.97 Å². The Balaban J connectivity index is 1.38. The first-order chi connectivity index (χ1) is 17.1. The lowest BCUT2D eigenvalue weighted by Crippen LogP contribution is -2.28. The summed E-state index contributed by atoms with van der Waals surface area (Å²) in [6.07, 6.45) is 8.68. The van der Waals surface area contributed by atoms with Gasteiger partial charge >= 0.3 is 0 Å². The van der Waals surface area contributed by atoms with Crippen LogP contribution >= 0.6 is 0 Å². The van der Waals surface area contributed by atoms with E-state index < -0.39 is 0 Å². The molecule has 1 aromatic heterocycles. The lowest BCUT2D eigenvalue weighted by molar-refractivity contribution is -0.108. The first kappa shape index (κ1) is 24.9. The summed E-state index contributed by atoms with van der Waals surface area (Å²) in [5.41, 5.74) is 6.11. The molecule has 0 aliphatic heterocycles. The van der Waals surface area contributed by atoms with Crippen molar-refractivity contribution in [3.05, 3.63) is 70.9 Å². The van der Waals surface area contributed by atoms with Gasteiger partial charge in [0.05, 0.1) is 6.61 Å². The van der Waals surface area contributed by atoms with E-state index in [1.54, 1.807) is 0 Å². The molecule has 1 heterocycles. The van der Waals surface area contributed by atoms with Crippen LogP contribution in [0.4, 0.5) is 5.82 Å². The Morgan fingerprint density at radius 2 is 1.94 bits per heavy atom. The number of aromatic nitrogens is 2. The highest BCUT2D eigenvalue weighted by molar-refractivity contribution is 5.59. The maximum absolute atomic E-state index is 10.9. The minimum atomic E-state index is 0.379. The zero-order valence-electron chi connectivity index (χ0n) is 21.3. The van der Waals surface area contributed by atoms with Gasteiger partial charge in [-0.05, 0) is 73.8 Å². The molecular formula is C30H37N3O2. The Bertz CT molecular complexity index is 1130. The zero-order valence-corrected chi connectivity index (χ0v) is 21.3. The molecule has 184 valence electrons. The lowest BCUT2D eigenvalue weighted by Gasteiger charge is -2.25. The van der Waals surface area contributed by atoms with Gasteiger partial charge in [0.1, 0.15) is 17.9 Å². The summed E-state index contributed by atoms with van der Waals surface area (Å²) < 4.78 is 6.11. The minimum absolute atomic E-state index is 0.379. The van der Waals surface area contributed by atoms with Gasteiger partial charge in [0.2, 0.25) is 0 Å². The van der Waals surface area contributed by atoms with E-state index in [0.29, 0.717) is 18.9 Å². The molecule has 0 amide bonds. The van der Waals surface area contributed by atoms with Crippen molar-refractivity contribution in [1.29, 1.82) is 0 Å². The summed E-state index contributed by atoms with van der Waals surface area (Å²) in [5.74, 6) is 3.09. The first-order valence-electron chi connectivity index (χ1n) is 13.0. The van der Waals surface area contributed by atoms with Crippen molar-refractivity contribution in [2.45, 2.75) is 65.2 Å². The van der Waals surface area contributed by atoms with E-state index in [9.17, 15) is 4.79 Å². The molecule has 1 atom stereocenters. The highest BCUT2D eigenvalue weighted by Crippen LogP contribution is 2.36. The Hall–Kier alpha value is -3.21. The smallest absolute Gasteiger partial charge is 0.161 e. The molecule has 5 nitrogen and oxygen atoms in total. The fraction of sp³-hybridized carbons (Fsp3) is 0.433. The van der Waals surface area contributed by atoms with Crippen molar-refractivity contribution in [3.8, 4) is 17.1 Å². The molecule has 0 radical (unpaired) electrons. The molecule has 0 spiro atoms. The van der Waals surface area contributed by atoms with Crippen LogP contribution in [0.15, 0.2) is 48.7 Å². The van der Waals surface area contributed by atoms with Crippen LogP contribution in [0.25, 0.3) is 11.4 Å². The Morgan fingerprint density at radius 3 is 2.69 bits per heavy atom. The maximum Gasteiger partial charge on any atom is 0.161 e. The van der Waals surface area contributed by atoms with Gasteiger partial charge in [0.15, 0.2) is 5.82 Å². The van der Waals surface area contributed by atoms with E-state index in [4.69, 9.17) is 9.72 Å². The maximum atomic E-state index is 10.9. The second kappa shape index (κ2) is 12.0. The summed E-state index contributed by atoms with van der Waals surface area (Å²) in [6, 6.07) is 14.9. The molecule has 4 rings (SSSR count). The summed E-state index contributed by atoms with van der Waals surface area (Å²) in [6.45, 7) is 8.94. The molecule has 2 aromatic carbocycles. The van der Waals surface area contributed by atoms with Gasteiger partial charge in [0.25, 0.3) is 0 Å². The second-order valence-electron chi connectivity index (χ2n) is 9.44. The molecule has 5 heteroatoms. The number of anilines is 1. The number of fused-ring (bicyclic) bond motifs is 1. The van der Waals surface area contributed by atoms with Crippen molar-refractivity contribution >= 4 is 12.1 Å². The number of ether oxygens (including phenoxy) is 1. The van der Waals surface area contributed by atoms with E-state index in [1.807, 2.05) is 6.20 Å². The molecule has 0 fully saturated rings. The summed E-state index contributed by atoms with van der Waals surface area (Å²) in [4.78, 5) is 22.8. The quantitative estimate of drug-likeness (QED) is 0.229. The van der Waals surface area contributed by atoms with E-state index in [2.05, 4.69) is 73.1 Å². The van der Waals surface area contributed by atoms with Gasteiger partial charge in [-0.15, -0.1) is 0 Å². The van der Waals surface area contributed by atoms with Crippen LogP contribution in [-0.2, 0) is 17.6 Å². The predicted molar refractivity (Wildman–Crippen MR) is 142 cm³/mol. The molecule has 0 N–H and O–H groups in total. The third kappa shape index (κ3) is 6.08. The number of rotatable bonds is 12. The van der Waals surface area contributed by atoms with Gasteiger partial charge in [-0.25, -0.2) is 9.97 Å². The van der Waals surface area contributed by atoms with E-state index in [1.165, 1.54) is 16.7 Å². The van der Waals surface area contributed by atoms with Crippen LogP contribution in [0, 0.1) is 6.92 Å². The molecule has 0 unspecified atom stereocenters. The molecule has 1 aliphatic rings. The Kier molecular flexibility index (Phi) is 8.51. The van der Waals surface area contributed by atoms with Crippen LogP contribution in [0.2, 0.25) is 0 Å². The molecule has 3 aromatic rings. The van der Waals surface area contributed by atoms with E-state index in [0.717, 1.165) is 80.0 Å². The van der Waals surface area contributed by atoms with Crippen molar-refractivity contribution < 1.29 is 9.53 Å². The fourth-order valence-electron chi connectivity index (χ4n) is 4.95. The average Bonchev–Trinajstić information content (AvgIpc) is 3.28. The molecular weight excluding hydrogens is 434 g/mol. The predicted octanol–water partition coefficient (Wildman–Crippen LogP) is 6.32. The van der Waals surface area contributed by atoms with Gasteiger partial charge in [-0.3, -0.25) is 0 Å². The van der Waals surface area contributed by atoms with E-state index >= 15 is 0 Å². The summed E-state index contributed by atoms with van der Waals surface area (Å²) in [5, 5.41) is 0. The van der Waals surface area contributed by atoms with Crippen molar-refractivity contribution in [3.63, 3.8) is 0 Å². The Morgan fingerprint density at radius 1 is 1.11 bits per heavy atom. The van der Waals surface area contributed by atoms with Crippen LogP contribution in [0.3, 0.4) is 0 Å². The number of carbonyl (C=O) groups is 1. The fourth-order valence-corrected chi connectivity index (χ4v) is 4.95. The number of nitrogens with zero attached hydrogens (tertiary/aromatic N) is 3. The molecule has 0 saturated heterocycles. The SMILES string of the molecule is CCCN(CCCOc1ccc2c(c1)CC[C@H]2CC=O)c1nc(-c2ccc(CC)cc2)ncc1C. The van der Waals surface area contributed by atoms with Crippen LogP contribution < -0.4 is 9.64 Å². The van der Waals surface area contributed by atoms with Crippen molar-refractivity contribution in [2.24, 2.45) is 0 Å². The lowest BCUT2D eigenvalue weighted by atomic mass is 9.99. The van der Waals surface area contributed by atoms with Gasteiger partial charge in [-0.2, -0.15) is 0 Å². The number of hydrogen-bond donors (Lipinski definition) is 0. The zero-order chi connectivity index (χ0) is 24.6. The first-order valence-corrected chi connectivity index (χ1v) is 13.0. The molecule has 35 heavy (non-hydrogen) atoms. The normalized spacial score (nSPS) is 14.5. The third-order valence-corrected chi connectivity index (χ3v) is 6.90. The van der Waals surface area contributed by atoms with Gasteiger partial charge in [0, 0.05) is 36.8 Å². The second-order valence-corrected chi connectivity index (χ2v) is 9.44. The number of hydrogen-bond acceptors (Lipinski definition) is 5. The van der Waals surface area contributed by atoms with Gasteiger partial charge < -0.3 is 14.4 Å². The van der Waals surface area contributed by atoms with Crippen LogP contribution in [-0.4, -0.2) is 36.0 Å².